The smallest absolute Gasteiger partial charge is 0.248 e. The highest BCUT2D eigenvalue weighted by atomic mass is 16.5. The van der Waals surface area contributed by atoms with Gasteiger partial charge in [-0.1, -0.05) is 36.4 Å². The van der Waals surface area contributed by atoms with Crippen molar-refractivity contribution in [3.05, 3.63) is 102 Å². The van der Waals surface area contributed by atoms with Crippen LogP contribution in [0.4, 0.5) is 5.69 Å². The Hall–Kier alpha value is -4.64. The molecule has 0 saturated heterocycles. The van der Waals surface area contributed by atoms with Gasteiger partial charge in [-0.2, -0.15) is 0 Å². The molecule has 5 nitrogen and oxygen atoms in total. The number of benzene rings is 4. The predicted molar refractivity (Wildman–Crippen MR) is 149 cm³/mol. The number of rotatable bonds is 6. The van der Waals surface area contributed by atoms with Crippen LogP contribution in [0.15, 0.2) is 89.6 Å². The summed E-state index contributed by atoms with van der Waals surface area (Å²) in [4.78, 5) is 24.3. The summed E-state index contributed by atoms with van der Waals surface area (Å²) in [7, 11) is 1.62. The zero-order chi connectivity index (χ0) is 26.1. The lowest BCUT2D eigenvalue weighted by molar-refractivity contribution is -0.111. The Balaban J connectivity index is 1.53. The number of Topliss-reactive ketones (excluding diaryl/α,β-unsaturated/α-hetero) is 1. The second-order valence-corrected chi connectivity index (χ2v) is 9.12. The lowest BCUT2D eigenvalue weighted by Crippen LogP contribution is -2.09. The van der Waals surface area contributed by atoms with Gasteiger partial charge in [0.05, 0.1) is 13.4 Å². The summed E-state index contributed by atoms with van der Waals surface area (Å²) in [6.07, 6.45) is 3.33. The Morgan fingerprint density at radius 1 is 0.919 bits per heavy atom. The van der Waals surface area contributed by atoms with Gasteiger partial charge < -0.3 is 14.5 Å². The third-order valence-electron chi connectivity index (χ3n) is 6.64. The second kappa shape index (κ2) is 9.78. The molecule has 5 aromatic rings. The molecular weight excluding hydrogens is 462 g/mol. The molecule has 5 heteroatoms. The highest BCUT2D eigenvalue weighted by Crippen LogP contribution is 2.41. The SMILES string of the molecule is COc1c(/C(C)=C/C(=O)Nc2ccc(C(C)=O)cc2)cc2c(-c3ccc4ccccc4c3)coc2c1C. The predicted octanol–water partition coefficient (Wildman–Crippen LogP) is 7.81. The third kappa shape index (κ3) is 4.64. The van der Waals surface area contributed by atoms with Crippen molar-refractivity contribution in [2.24, 2.45) is 0 Å². The number of hydrogen-bond donors (Lipinski definition) is 1. The number of aryl methyl sites for hydroxylation is 1. The highest BCUT2D eigenvalue weighted by Gasteiger charge is 2.19. The summed E-state index contributed by atoms with van der Waals surface area (Å²) >= 11 is 0. The average Bonchev–Trinajstić information content (AvgIpc) is 3.33. The first kappa shape index (κ1) is 24.1. The zero-order valence-corrected chi connectivity index (χ0v) is 21.2. The maximum atomic E-state index is 12.8. The molecule has 0 saturated carbocycles. The summed E-state index contributed by atoms with van der Waals surface area (Å²) in [6, 6.07) is 23.5. The normalized spacial score (nSPS) is 11.6. The molecule has 0 atom stereocenters. The Bertz CT molecular complexity index is 1690. The van der Waals surface area contributed by atoms with Crippen LogP contribution in [0.1, 0.15) is 35.3 Å². The van der Waals surface area contributed by atoms with Crippen LogP contribution in [-0.4, -0.2) is 18.8 Å². The molecular formula is C32H27NO4. The van der Waals surface area contributed by atoms with Crippen LogP contribution < -0.4 is 10.1 Å². The van der Waals surface area contributed by atoms with Crippen LogP contribution in [0.5, 0.6) is 5.75 Å². The lowest BCUT2D eigenvalue weighted by Gasteiger charge is -2.13. The van der Waals surface area contributed by atoms with Crippen molar-refractivity contribution in [1.29, 1.82) is 0 Å². The van der Waals surface area contributed by atoms with E-state index in [1.165, 1.54) is 12.3 Å². The summed E-state index contributed by atoms with van der Waals surface area (Å²) < 4.78 is 11.8. The van der Waals surface area contributed by atoms with E-state index >= 15 is 0 Å². The number of amides is 1. The third-order valence-corrected chi connectivity index (χ3v) is 6.64. The summed E-state index contributed by atoms with van der Waals surface area (Å²) in [6.45, 7) is 5.36. The number of anilines is 1. The van der Waals surface area contributed by atoms with Crippen LogP contribution in [0, 0.1) is 6.92 Å². The van der Waals surface area contributed by atoms with Gasteiger partial charge >= 0.3 is 0 Å². The largest absolute Gasteiger partial charge is 0.496 e. The molecule has 0 unspecified atom stereocenters. The van der Waals surface area contributed by atoms with Crippen molar-refractivity contribution in [3.8, 4) is 16.9 Å². The Kier molecular flexibility index (Phi) is 6.36. The molecule has 1 amide bonds. The van der Waals surface area contributed by atoms with Crippen LogP contribution in [0.2, 0.25) is 0 Å². The topological polar surface area (TPSA) is 68.5 Å². The Morgan fingerprint density at radius 3 is 2.35 bits per heavy atom. The van der Waals surface area contributed by atoms with Gasteiger partial charge in [-0.25, -0.2) is 0 Å². The number of allylic oxidation sites excluding steroid dienone is 1. The van der Waals surface area contributed by atoms with E-state index in [4.69, 9.17) is 9.15 Å². The van der Waals surface area contributed by atoms with Gasteiger partial charge in [0.25, 0.3) is 0 Å². The molecule has 0 fully saturated rings. The molecule has 1 N–H and O–H groups in total. The summed E-state index contributed by atoms with van der Waals surface area (Å²) in [5, 5.41) is 6.15. The lowest BCUT2D eigenvalue weighted by atomic mass is 9.95. The fraction of sp³-hybridized carbons (Fsp3) is 0.125. The molecule has 0 aliphatic heterocycles. The minimum absolute atomic E-state index is 0.0196. The first-order chi connectivity index (χ1) is 17.9. The molecule has 0 radical (unpaired) electrons. The molecule has 1 heterocycles. The number of carbonyl (C=O) groups excluding carboxylic acids is 2. The first-order valence-corrected chi connectivity index (χ1v) is 12.0. The minimum Gasteiger partial charge on any atom is -0.496 e. The van der Waals surface area contributed by atoms with E-state index in [9.17, 15) is 9.59 Å². The fourth-order valence-electron chi connectivity index (χ4n) is 4.69. The van der Waals surface area contributed by atoms with E-state index in [-0.39, 0.29) is 11.7 Å². The molecule has 1 aromatic heterocycles. The average molecular weight is 490 g/mol. The van der Waals surface area contributed by atoms with Crippen molar-refractivity contribution >= 4 is 44.7 Å². The molecule has 0 spiro atoms. The Morgan fingerprint density at radius 2 is 1.65 bits per heavy atom. The number of ether oxygens (including phenoxy) is 1. The number of furan rings is 1. The molecule has 0 bridgehead atoms. The molecule has 4 aromatic carbocycles. The number of ketones is 1. The van der Waals surface area contributed by atoms with Gasteiger partial charge in [-0.15, -0.1) is 0 Å². The first-order valence-electron chi connectivity index (χ1n) is 12.0. The molecule has 0 aliphatic rings. The van der Waals surface area contributed by atoms with Crippen LogP contribution in [-0.2, 0) is 4.79 Å². The van der Waals surface area contributed by atoms with Crippen molar-refractivity contribution in [2.45, 2.75) is 20.8 Å². The van der Waals surface area contributed by atoms with Gasteiger partial charge in [0.15, 0.2) is 5.78 Å². The van der Waals surface area contributed by atoms with E-state index in [0.29, 0.717) is 17.0 Å². The van der Waals surface area contributed by atoms with Crippen LogP contribution in [0.3, 0.4) is 0 Å². The zero-order valence-electron chi connectivity index (χ0n) is 21.2. The van der Waals surface area contributed by atoms with E-state index in [0.717, 1.165) is 44.2 Å². The molecule has 5 rings (SSSR count). The van der Waals surface area contributed by atoms with E-state index in [1.54, 1.807) is 43.7 Å². The van der Waals surface area contributed by atoms with E-state index in [2.05, 4.69) is 35.6 Å². The Labute approximate surface area is 215 Å². The molecule has 37 heavy (non-hydrogen) atoms. The number of nitrogens with one attached hydrogen (secondary N) is 1. The standard InChI is InChI=1S/C32H27NO4/c1-19(15-30(35)33-26-13-11-22(12-14-26)21(3)34)27-17-28-29(18-37-32(28)20(2)31(27)36-4)25-10-9-23-7-5-6-8-24(23)16-25/h5-18H,1-4H3,(H,33,35)/b19-15+. The molecule has 184 valence electrons. The van der Waals surface area contributed by atoms with Crippen LogP contribution in [0.25, 0.3) is 38.4 Å². The van der Waals surface area contributed by atoms with Crippen molar-refractivity contribution < 1.29 is 18.7 Å². The van der Waals surface area contributed by atoms with Crippen molar-refractivity contribution in [2.75, 3.05) is 12.4 Å². The monoisotopic (exact) mass is 489 g/mol. The second-order valence-electron chi connectivity index (χ2n) is 9.12. The fourth-order valence-corrected chi connectivity index (χ4v) is 4.69. The number of carbonyl (C=O) groups is 2. The van der Waals surface area contributed by atoms with Gasteiger partial charge in [-0.05, 0) is 79.1 Å². The number of methoxy groups -OCH3 is 1. The highest BCUT2D eigenvalue weighted by molar-refractivity contribution is 6.06. The van der Waals surface area contributed by atoms with E-state index in [1.807, 2.05) is 32.0 Å². The number of hydrogen-bond acceptors (Lipinski definition) is 4. The van der Waals surface area contributed by atoms with Gasteiger partial charge in [-0.3, -0.25) is 9.59 Å². The van der Waals surface area contributed by atoms with Crippen molar-refractivity contribution in [1.82, 2.24) is 0 Å². The maximum Gasteiger partial charge on any atom is 0.248 e. The minimum atomic E-state index is -0.269. The van der Waals surface area contributed by atoms with Gasteiger partial charge in [0.1, 0.15) is 11.3 Å². The summed E-state index contributed by atoms with van der Waals surface area (Å²) in [5.41, 5.74) is 6.45. The quantitative estimate of drug-likeness (QED) is 0.195. The van der Waals surface area contributed by atoms with Crippen LogP contribution >= 0.6 is 0 Å². The summed E-state index contributed by atoms with van der Waals surface area (Å²) in [5.74, 6) is 0.378. The van der Waals surface area contributed by atoms with Crippen molar-refractivity contribution in [3.63, 3.8) is 0 Å². The van der Waals surface area contributed by atoms with Gasteiger partial charge in [0, 0.05) is 39.4 Å². The van der Waals surface area contributed by atoms with E-state index < -0.39 is 0 Å². The number of fused-ring (bicyclic) bond motifs is 2. The van der Waals surface area contributed by atoms with Gasteiger partial charge in [0.2, 0.25) is 5.91 Å². The molecule has 0 aliphatic carbocycles. The maximum absolute atomic E-state index is 12.8.